The number of benzene rings is 2. The Balaban J connectivity index is 1.90. The maximum absolute atomic E-state index is 12.8. The van der Waals surface area contributed by atoms with Gasteiger partial charge in [-0.25, -0.2) is 4.79 Å². The molecule has 0 aliphatic carbocycles. The van der Waals surface area contributed by atoms with E-state index < -0.39 is 17.2 Å². The lowest BCUT2D eigenvalue weighted by atomic mass is 10.1. The van der Waals surface area contributed by atoms with Crippen molar-refractivity contribution in [3.8, 4) is 11.4 Å². The minimum absolute atomic E-state index is 0.423. The largest absolute Gasteiger partial charge is 0.497 e. The molecule has 0 unspecified atom stereocenters. The van der Waals surface area contributed by atoms with Crippen LogP contribution in [0.5, 0.6) is 5.75 Å². The molecule has 0 aliphatic heterocycles. The maximum Gasteiger partial charge on any atom is 0.321 e. The topological polar surface area (TPSA) is 98.1 Å². The first kappa shape index (κ1) is 20.4. The van der Waals surface area contributed by atoms with Gasteiger partial charge in [-0.2, -0.15) is 0 Å². The molecule has 0 bridgehead atoms. The Hall–Kier alpha value is -3.33. The molecule has 1 aromatic heterocycles. The van der Waals surface area contributed by atoms with E-state index in [9.17, 15) is 9.59 Å². The van der Waals surface area contributed by atoms with Crippen LogP contribution < -0.4 is 15.4 Å². The Kier molecular flexibility index (Phi) is 6.85. The van der Waals surface area contributed by atoms with Crippen LogP contribution in [-0.2, 0) is 4.79 Å². The minimum atomic E-state index is -0.688. The number of aromatic nitrogens is 3. The van der Waals surface area contributed by atoms with Crippen LogP contribution >= 0.6 is 11.8 Å². The quantitative estimate of drug-likeness (QED) is 0.580. The van der Waals surface area contributed by atoms with Crippen molar-refractivity contribution < 1.29 is 14.3 Å². The number of nitrogens with one attached hydrogen (secondary N) is 2. The van der Waals surface area contributed by atoms with Gasteiger partial charge in [0.25, 0.3) is 0 Å². The van der Waals surface area contributed by atoms with Gasteiger partial charge in [-0.15, -0.1) is 10.2 Å². The number of nitrogens with zero attached hydrogens (tertiary/aromatic N) is 3. The van der Waals surface area contributed by atoms with Crippen LogP contribution in [0, 0.1) is 0 Å². The molecule has 9 heteroatoms. The van der Waals surface area contributed by atoms with Crippen molar-refractivity contribution in [3.05, 3.63) is 66.5 Å². The molecule has 0 fully saturated rings. The van der Waals surface area contributed by atoms with Gasteiger partial charge in [0.15, 0.2) is 5.16 Å². The van der Waals surface area contributed by atoms with E-state index in [1.165, 1.54) is 11.8 Å². The molecule has 3 amide bonds. The molecule has 150 valence electrons. The minimum Gasteiger partial charge on any atom is -0.497 e. The van der Waals surface area contributed by atoms with E-state index >= 15 is 0 Å². The summed E-state index contributed by atoms with van der Waals surface area (Å²) in [6.07, 6.45) is 1.57. The van der Waals surface area contributed by atoms with Gasteiger partial charge in [0.1, 0.15) is 17.3 Å². The number of ether oxygens (including phenoxy) is 1. The fourth-order valence-electron chi connectivity index (χ4n) is 2.63. The number of methoxy groups -OCH3 is 1. The highest BCUT2D eigenvalue weighted by Crippen LogP contribution is 2.35. The Morgan fingerprint density at radius 2 is 1.97 bits per heavy atom. The van der Waals surface area contributed by atoms with Crippen molar-refractivity contribution in [2.24, 2.45) is 0 Å². The molecule has 0 aliphatic rings. The zero-order valence-corrected chi connectivity index (χ0v) is 16.8. The summed E-state index contributed by atoms with van der Waals surface area (Å²) < 4.78 is 7.05. The third kappa shape index (κ3) is 5.14. The lowest BCUT2D eigenvalue weighted by Crippen LogP contribution is -2.41. The Morgan fingerprint density at radius 1 is 1.17 bits per heavy atom. The molecule has 0 saturated carbocycles. The Morgan fingerprint density at radius 3 is 2.69 bits per heavy atom. The highest BCUT2D eigenvalue weighted by molar-refractivity contribution is 8.00. The number of thioether (sulfide) groups is 1. The summed E-state index contributed by atoms with van der Waals surface area (Å²) in [6, 6.07) is 16.1. The van der Waals surface area contributed by atoms with Gasteiger partial charge in [0, 0.05) is 12.6 Å². The van der Waals surface area contributed by atoms with E-state index in [-0.39, 0.29) is 0 Å². The number of carbonyl (C=O) groups is 2. The average molecular weight is 411 g/mol. The van der Waals surface area contributed by atoms with Crippen molar-refractivity contribution in [2.75, 3.05) is 13.7 Å². The third-order valence-corrected chi connectivity index (χ3v) is 5.20. The van der Waals surface area contributed by atoms with Crippen LogP contribution in [0.3, 0.4) is 0 Å². The van der Waals surface area contributed by atoms with E-state index in [0.29, 0.717) is 17.5 Å². The van der Waals surface area contributed by atoms with Crippen molar-refractivity contribution in [1.29, 1.82) is 0 Å². The summed E-state index contributed by atoms with van der Waals surface area (Å²) in [5.74, 6) is 0.257. The molecule has 3 rings (SSSR count). The summed E-state index contributed by atoms with van der Waals surface area (Å²) in [6.45, 7) is 2.20. The van der Waals surface area contributed by atoms with Gasteiger partial charge < -0.3 is 10.1 Å². The van der Waals surface area contributed by atoms with Crippen LogP contribution in [0.15, 0.2) is 66.1 Å². The third-order valence-electron chi connectivity index (χ3n) is 3.99. The van der Waals surface area contributed by atoms with Gasteiger partial charge >= 0.3 is 6.03 Å². The summed E-state index contributed by atoms with van der Waals surface area (Å²) in [5, 5.41) is 12.9. The highest BCUT2D eigenvalue weighted by Gasteiger charge is 2.26. The van der Waals surface area contributed by atoms with Crippen LogP contribution in [0.25, 0.3) is 5.69 Å². The van der Waals surface area contributed by atoms with E-state index in [4.69, 9.17) is 4.74 Å². The standard InChI is InChI=1S/C20H21N5O3S/c1-3-21-19(27)23-18(26)17(14-8-5-4-6-9-14)29-20-24-22-13-25(20)15-10-7-11-16(12-15)28-2/h4-13,17H,3H2,1-2H3,(H2,21,23,26,27)/t17-/m1/s1. The summed E-state index contributed by atoms with van der Waals surface area (Å²) in [7, 11) is 1.60. The van der Waals surface area contributed by atoms with E-state index in [1.54, 1.807) is 24.9 Å². The molecule has 0 saturated heterocycles. The molecule has 8 nitrogen and oxygen atoms in total. The maximum atomic E-state index is 12.8. The van der Waals surface area contributed by atoms with Crippen LogP contribution in [0.4, 0.5) is 4.79 Å². The SMILES string of the molecule is CCNC(=O)NC(=O)[C@H](Sc1nncn1-c1cccc(OC)c1)c1ccccc1. The molecule has 1 heterocycles. The van der Waals surface area contributed by atoms with E-state index in [2.05, 4.69) is 20.8 Å². The number of imide groups is 1. The lowest BCUT2D eigenvalue weighted by molar-refractivity contribution is -0.119. The highest BCUT2D eigenvalue weighted by atomic mass is 32.2. The molecule has 0 radical (unpaired) electrons. The smallest absolute Gasteiger partial charge is 0.321 e. The fourth-order valence-corrected chi connectivity index (χ4v) is 3.66. The number of hydrogen-bond acceptors (Lipinski definition) is 6. The molecule has 2 aromatic carbocycles. The van der Waals surface area contributed by atoms with Gasteiger partial charge in [0.2, 0.25) is 5.91 Å². The van der Waals surface area contributed by atoms with Crippen molar-refractivity contribution in [3.63, 3.8) is 0 Å². The van der Waals surface area contributed by atoms with Crippen LogP contribution in [-0.4, -0.2) is 40.4 Å². The fraction of sp³-hybridized carbons (Fsp3) is 0.200. The lowest BCUT2D eigenvalue weighted by Gasteiger charge is -2.16. The summed E-state index contributed by atoms with van der Waals surface area (Å²) in [4.78, 5) is 24.7. The van der Waals surface area contributed by atoms with Gasteiger partial charge in [-0.05, 0) is 24.6 Å². The van der Waals surface area contributed by atoms with E-state index in [1.807, 2.05) is 54.6 Å². The molecular weight excluding hydrogens is 390 g/mol. The second-order valence-electron chi connectivity index (χ2n) is 5.94. The first-order valence-corrected chi connectivity index (χ1v) is 9.85. The second-order valence-corrected chi connectivity index (χ2v) is 7.01. The van der Waals surface area contributed by atoms with Gasteiger partial charge in [-0.3, -0.25) is 14.7 Å². The van der Waals surface area contributed by atoms with Gasteiger partial charge in [-0.1, -0.05) is 48.2 Å². The molecular formula is C20H21N5O3S. The molecule has 29 heavy (non-hydrogen) atoms. The van der Waals surface area contributed by atoms with Crippen molar-refractivity contribution in [1.82, 2.24) is 25.4 Å². The van der Waals surface area contributed by atoms with Gasteiger partial charge in [0.05, 0.1) is 12.8 Å². The van der Waals surface area contributed by atoms with E-state index in [0.717, 1.165) is 11.3 Å². The first-order valence-electron chi connectivity index (χ1n) is 8.97. The number of amides is 3. The monoisotopic (exact) mass is 411 g/mol. The predicted molar refractivity (Wildman–Crippen MR) is 110 cm³/mol. The predicted octanol–water partition coefficient (Wildman–Crippen LogP) is 2.96. The number of carbonyl (C=O) groups excluding carboxylic acids is 2. The zero-order chi connectivity index (χ0) is 20.6. The van der Waals surface area contributed by atoms with Crippen LogP contribution in [0.1, 0.15) is 17.7 Å². The molecule has 2 N–H and O–H groups in total. The number of urea groups is 1. The Labute approximate surface area is 172 Å². The number of hydrogen-bond donors (Lipinski definition) is 2. The molecule has 3 aromatic rings. The number of rotatable bonds is 7. The first-order chi connectivity index (χ1) is 14.1. The summed E-state index contributed by atoms with van der Waals surface area (Å²) in [5.41, 5.74) is 1.55. The second kappa shape index (κ2) is 9.74. The molecule has 1 atom stereocenters. The normalized spacial score (nSPS) is 11.5. The zero-order valence-electron chi connectivity index (χ0n) is 16.0. The Bertz CT molecular complexity index is 977. The van der Waals surface area contributed by atoms with Crippen molar-refractivity contribution >= 4 is 23.7 Å². The summed E-state index contributed by atoms with van der Waals surface area (Å²) >= 11 is 1.21. The molecule has 0 spiro atoms. The average Bonchev–Trinajstić information content (AvgIpc) is 3.21. The van der Waals surface area contributed by atoms with Crippen LogP contribution in [0.2, 0.25) is 0 Å². The van der Waals surface area contributed by atoms with Crippen molar-refractivity contribution in [2.45, 2.75) is 17.3 Å².